The second-order valence-corrected chi connectivity index (χ2v) is 6.60. The van der Waals surface area contributed by atoms with Crippen LogP contribution in [0.1, 0.15) is 10.4 Å². The summed E-state index contributed by atoms with van der Waals surface area (Å²) < 4.78 is 5.26. The van der Waals surface area contributed by atoms with Gasteiger partial charge in [-0.1, -0.05) is 41.9 Å². The van der Waals surface area contributed by atoms with Gasteiger partial charge in [-0.15, -0.1) is 11.3 Å². The molecule has 122 valence electrons. The highest BCUT2D eigenvalue weighted by Crippen LogP contribution is 2.21. The zero-order valence-electron chi connectivity index (χ0n) is 12.5. The van der Waals surface area contributed by atoms with Gasteiger partial charge < -0.3 is 15.4 Å². The van der Waals surface area contributed by atoms with Crippen molar-refractivity contribution in [3.8, 4) is 0 Å². The van der Waals surface area contributed by atoms with Crippen LogP contribution in [0, 0.1) is 0 Å². The number of halogens is 1. The molecular formula is C16H17ClN2O3S. The first-order valence-electron chi connectivity index (χ1n) is 6.99. The average molecular weight is 353 g/mol. The number of alkyl carbamates (subject to hydrolysis) is 1. The largest absolute Gasteiger partial charge is 0.453 e. The maximum Gasteiger partial charge on any atom is 0.407 e. The number of rotatable bonds is 6. The molecule has 7 heteroatoms. The fourth-order valence-corrected chi connectivity index (χ4v) is 3.03. The van der Waals surface area contributed by atoms with Crippen LogP contribution in [0.5, 0.6) is 0 Å². The Balaban J connectivity index is 1.99. The van der Waals surface area contributed by atoms with E-state index in [1.54, 1.807) is 6.07 Å². The third-order valence-electron chi connectivity index (χ3n) is 3.14. The van der Waals surface area contributed by atoms with E-state index in [9.17, 15) is 9.59 Å². The van der Waals surface area contributed by atoms with Gasteiger partial charge in [0.2, 0.25) is 5.91 Å². The van der Waals surface area contributed by atoms with Gasteiger partial charge in [0.15, 0.2) is 0 Å². The van der Waals surface area contributed by atoms with Crippen molar-refractivity contribution in [3.63, 3.8) is 0 Å². The van der Waals surface area contributed by atoms with Gasteiger partial charge in [0.25, 0.3) is 0 Å². The third-order valence-corrected chi connectivity index (χ3v) is 4.37. The van der Waals surface area contributed by atoms with E-state index in [-0.39, 0.29) is 5.91 Å². The fraction of sp³-hybridized carbons (Fsp3) is 0.250. The van der Waals surface area contributed by atoms with E-state index in [1.807, 2.05) is 36.4 Å². The normalized spacial score (nSPS) is 11.6. The number of methoxy groups -OCH3 is 1. The molecule has 23 heavy (non-hydrogen) atoms. The average Bonchev–Trinajstić information content (AvgIpc) is 2.98. The zero-order valence-corrected chi connectivity index (χ0v) is 14.1. The molecule has 0 aliphatic rings. The lowest BCUT2D eigenvalue weighted by Gasteiger charge is -2.17. The molecule has 1 atom stereocenters. The Morgan fingerprint density at radius 2 is 1.96 bits per heavy atom. The molecule has 2 N–H and O–H groups in total. The molecule has 0 aliphatic heterocycles. The molecule has 1 aromatic heterocycles. The summed E-state index contributed by atoms with van der Waals surface area (Å²) in [5.41, 5.74) is 0.947. The Bertz CT molecular complexity index is 660. The van der Waals surface area contributed by atoms with Crippen LogP contribution in [0.3, 0.4) is 0 Å². The molecule has 0 saturated heterocycles. The van der Waals surface area contributed by atoms with Gasteiger partial charge >= 0.3 is 6.09 Å². The number of nitrogens with one attached hydrogen (secondary N) is 2. The van der Waals surface area contributed by atoms with Crippen LogP contribution in [0.25, 0.3) is 0 Å². The highest BCUT2D eigenvalue weighted by Gasteiger charge is 2.21. The van der Waals surface area contributed by atoms with Crippen LogP contribution >= 0.6 is 22.9 Å². The summed E-state index contributed by atoms with van der Waals surface area (Å²) in [4.78, 5) is 24.8. The van der Waals surface area contributed by atoms with Gasteiger partial charge in [-0.3, -0.25) is 4.79 Å². The summed E-state index contributed by atoms with van der Waals surface area (Å²) in [6.45, 7) is 0.365. The monoisotopic (exact) mass is 352 g/mol. The van der Waals surface area contributed by atoms with E-state index in [2.05, 4.69) is 15.4 Å². The van der Waals surface area contributed by atoms with E-state index in [1.165, 1.54) is 18.4 Å². The van der Waals surface area contributed by atoms with Crippen molar-refractivity contribution in [2.24, 2.45) is 0 Å². The number of ether oxygens (including phenoxy) is 1. The summed E-state index contributed by atoms with van der Waals surface area (Å²) >= 11 is 7.27. The number of carbonyl (C=O) groups excluding carboxylic acids is 2. The summed E-state index contributed by atoms with van der Waals surface area (Å²) in [5.74, 6) is -0.274. The van der Waals surface area contributed by atoms with E-state index in [0.717, 1.165) is 10.4 Å². The summed E-state index contributed by atoms with van der Waals surface area (Å²) in [5, 5.41) is 5.37. The smallest absolute Gasteiger partial charge is 0.407 e. The summed E-state index contributed by atoms with van der Waals surface area (Å²) in [6.07, 6.45) is -0.257. The molecule has 1 heterocycles. The molecule has 5 nitrogen and oxygen atoms in total. The Kier molecular flexibility index (Phi) is 6.43. The Morgan fingerprint density at radius 3 is 2.57 bits per heavy atom. The standard InChI is InChI=1S/C16H17ClN2O3S/c1-22-16(21)19-13(9-11-5-3-2-4-6-11)15(20)18-10-12-7-8-14(17)23-12/h2-8,13H,9-10H2,1H3,(H,18,20)(H,19,21). The fourth-order valence-electron chi connectivity index (χ4n) is 2.00. The molecule has 0 bridgehead atoms. The van der Waals surface area contributed by atoms with Crippen LogP contribution in [0.2, 0.25) is 4.34 Å². The van der Waals surface area contributed by atoms with Gasteiger partial charge in [0.05, 0.1) is 18.0 Å². The minimum atomic E-state index is -0.708. The van der Waals surface area contributed by atoms with E-state index in [4.69, 9.17) is 11.6 Å². The maximum atomic E-state index is 12.4. The van der Waals surface area contributed by atoms with Crippen molar-refractivity contribution in [1.29, 1.82) is 0 Å². The topological polar surface area (TPSA) is 67.4 Å². The van der Waals surface area contributed by atoms with Gasteiger partial charge in [-0.2, -0.15) is 0 Å². The van der Waals surface area contributed by atoms with E-state index < -0.39 is 12.1 Å². The quantitative estimate of drug-likeness (QED) is 0.839. The van der Waals surface area contributed by atoms with E-state index >= 15 is 0 Å². The van der Waals surface area contributed by atoms with Crippen molar-refractivity contribution in [1.82, 2.24) is 10.6 Å². The first-order chi connectivity index (χ1) is 11.1. The minimum Gasteiger partial charge on any atom is -0.453 e. The minimum absolute atomic E-state index is 0.274. The number of thiophene rings is 1. The van der Waals surface area contributed by atoms with Crippen LogP contribution < -0.4 is 10.6 Å². The van der Waals surface area contributed by atoms with E-state index in [0.29, 0.717) is 17.3 Å². The van der Waals surface area contributed by atoms with Crippen LogP contribution in [-0.4, -0.2) is 25.2 Å². The van der Waals surface area contributed by atoms with Crippen LogP contribution in [-0.2, 0) is 22.5 Å². The lowest BCUT2D eigenvalue weighted by atomic mass is 10.1. The first-order valence-corrected chi connectivity index (χ1v) is 8.18. The number of hydrogen-bond donors (Lipinski definition) is 2. The second kappa shape index (κ2) is 8.55. The number of benzene rings is 1. The molecular weight excluding hydrogens is 336 g/mol. The number of hydrogen-bond acceptors (Lipinski definition) is 4. The Hall–Kier alpha value is -2.05. The summed E-state index contributed by atoms with van der Waals surface area (Å²) in [6, 6.07) is 12.4. The molecule has 2 aromatic rings. The SMILES string of the molecule is COC(=O)NC(Cc1ccccc1)C(=O)NCc1ccc(Cl)s1. The lowest BCUT2D eigenvalue weighted by molar-refractivity contribution is -0.123. The summed E-state index contributed by atoms with van der Waals surface area (Å²) in [7, 11) is 1.26. The molecule has 0 saturated carbocycles. The molecule has 0 fully saturated rings. The van der Waals surface area contributed by atoms with Gasteiger partial charge in [-0.05, 0) is 17.7 Å². The molecule has 1 unspecified atom stereocenters. The van der Waals surface area contributed by atoms with Crippen LogP contribution in [0.15, 0.2) is 42.5 Å². The maximum absolute atomic E-state index is 12.4. The number of carbonyl (C=O) groups is 2. The highest BCUT2D eigenvalue weighted by atomic mass is 35.5. The zero-order chi connectivity index (χ0) is 16.7. The predicted molar refractivity (Wildman–Crippen MR) is 90.7 cm³/mol. The van der Waals surface area contributed by atoms with Crippen molar-refractivity contribution >= 4 is 34.9 Å². The van der Waals surface area contributed by atoms with Crippen LogP contribution in [0.4, 0.5) is 4.79 Å². The Morgan fingerprint density at radius 1 is 1.22 bits per heavy atom. The molecule has 1 aromatic carbocycles. The molecule has 2 rings (SSSR count). The molecule has 2 amide bonds. The van der Waals surface area contributed by atoms with Gasteiger partial charge in [0.1, 0.15) is 6.04 Å². The number of amides is 2. The lowest BCUT2D eigenvalue weighted by Crippen LogP contribution is -2.47. The molecule has 0 spiro atoms. The van der Waals surface area contributed by atoms with Gasteiger partial charge in [-0.25, -0.2) is 4.79 Å². The second-order valence-electron chi connectivity index (χ2n) is 4.80. The van der Waals surface area contributed by atoms with Crippen molar-refractivity contribution in [2.45, 2.75) is 19.0 Å². The third kappa shape index (κ3) is 5.58. The van der Waals surface area contributed by atoms with Crippen molar-refractivity contribution in [2.75, 3.05) is 7.11 Å². The first kappa shape index (κ1) is 17.3. The van der Waals surface area contributed by atoms with Crippen molar-refractivity contribution < 1.29 is 14.3 Å². The molecule has 0 radical (unpaired) electrons. The highest BCUT2D eigenvalue weighted by molar-refractivity contribution is 7.16. The molecule has 0 aliphatic carbocycles. The predicted octanol–water partition coefficient (Wildman–Crippen LogP) is 2.99. The van der Waals surface area contributed by atoms with Crippen molar-refractivity contribution in [3.05, 3.63) is 57.2 Å². The Labute approximate surface area is 143 Å². The van der Waals surface area contributed by atoms with Gasteiger partial charge in [0, 0.05) is 11.3 Å².